The minimum Gasteiger partial charge on any atom is -0.0998 e. The molecule has 0 aromatic rings. The summed E-state index contributed by atoms with van der Waals surface area (Å²) in [4.78, 5) is 0. The molecule has 0 unspecified atom stereocenters. The minimum atomic E-state index is 0.809. The van der Waals surface area contributed by atoms with Gasteiger partial charge in [-0.05, 0) is 32.1 Å². The maximum atomic E-state index is 3.84. The van der Waals surface area contributed by atoms with E-state index in [1.165, 1.54) is 18.4 Å². The highest BCUT2D eigenvalue weighted by Gasteiger charge is 1.88. The molecule has 74 valence electrons. The highest BCUT2D eigenvalue weighted by atomic mass is 13.9. The van der Waals surface area contributed by atoms with Gasteiger partial charge in [0.25, 0.3) is 0 Å². The van der Waals surface area contributed by atoms with E-state index in [0.29, 0.717) is 0 Å². The van der Waals surface area contributed by atoms with E-state index in [-0.39, 0.29) is 0 Å². The largest absolute Gasteiger partial charge is 0.0998 e. The van der Waals surface area contributed by atoms with Crippen LogP contribution in [-0.4, -0.2) is 0 Å². The van der Waals surface area contributed by atoms with Crippen molar-refractivity contribution in [2.75, 3.05) is 0 Å². The summed E-state index contributed by atoms with van der Waals surface area (Å²) >= 11 is 0. The molecule has 0 aliphatic rings. The molecule has 0 aliphatic carbocycles. The summed E-state index contributed by atoms with van der Waals surface area (Å²) in [5, 5.41) is 0. The van der Waals surface area contributed by atoms with Crippen LogP contribution in [0.4, 0.5) is 0 Å². The van der Waals surface area contributed by atoms with Gasteiger partial charge in [0.1, 0.15) is 0 Å². The fourth-order valence-electron chi connectivity index (χ4n) is 0.952. The van der Waals surface area contributed by atoms with Gasteiger partial charge in [0.15, 0.2) is 0 Å². The molecule has 13 heavy (non-hydrogen) atoms. The third-order valence-corrected chi connectivity index (χ3v) is 1.76. The highest BCUT2D eigenvalue weighted by molar-refractivity contribution is 5.07. The average molecular weight is 178 g/mol. The van der Waals surface area contributed by atoms with Gasteiger partial charge in [0.2, 0.25) is 0 Å². The summed E-state index contributed by atoms with van der Waals surface area (Å²) in [6, 6.07) is 0. The molecule has 0 heterocycles. The first-order valence-electron chi connectivity index (χ1n) is 5.09. The third-order valence-electron chi connectivity index (χ3n) is 1.76. The summed E-state index contributed by atoms with van der Waals surface area (Å²) in [5.41, 5.74) is 1.21. The van der Waals surface area contributed by atoms with Crippen LogP contribution in [0.5, 0.6) is 0 Å². The Hall–Kier alpha value is -0.780. The molecule has 0 aliphatic heterocycles. The standard InChI is InChI=1S/C13H22/c1-12(2)10-8-6-5-7-9-11-13(3)4/h5-8,13H,1,9-11H2,2-4H3/b7-5-,8-6-. The Labute approximate surface area is 83.0 Å². The molecule has 0 bridgehead atoms. The summed E-state index contributed by atoms with van der Waals surface area (Å²) in [6.07, 6.45) is 12.1. The second-order valence-electron chi connectivity index (χ2n) is 3.99. The van der Waals surface area contributed by atoms with Crippen molar-refractivity contribution in [1.82, 2.24) is 0 Å². The fraction of sp³-hybridized carbons (Fsp3) is 0.538. The fourth-order valence-corrected chi connectivity index (χ4v) is 0.952. The number of hydrogen-bond acceptors (Lipinski definition) is 0. The van der Waals surface area contributed by atoms with Crippen molar-refractivity contribution in [1.29, 1.82) is 0 Å². The van der Waals surface area contributed by atoms with Gasteiger partial charge in [-0.3, -0.25) is 0 Å². The number of rotatable bonds is 6. The molecule has 0 amide bonds. The monoisotopic (exact) mass is 178 g/mol. The normalized spacial score (nSPS) is 12.0. The van der Waals surface area contributed by atoms with Crippen LogP contribution in [0.15, 0.2) is 36.5 Å². The summed E-state index contributed by atoms with van der Waals surface area (Å²) in [5.74, 6) is 0.809. The van der Waals surface area contributed by atoms with Gasteiger partial charge < -0.3 is 0 Å². The first kappa shape index (κ1) is 12.2. The Kier molecular flexibility index (Phi) is 7.38. The van der Waals surface area contributed by atoms with E-state index in [1.807, 2.05) is 6.92 Å². The molecule has 0 spiro atoms. The predicted octanol–water partition coefficient (Wildman–Crippen LogP) is 4.50. The molecule has 0 nitrogen and oxygen atoms in total. The van der Waals surface area contributed by atoms with E-state index in [0.717, 1.165) is 12.3 Å². The Balaban J connectivity index is 3.40. The van der Waals surface area contributed by atoms with Crippen LogP contribution in [0, 0.1) is 5.92 Å². The van der Waals surface area contributed by atoms with Crippen molar-refractivity contribution >= 4 is 0 Å². The molecule has 0 fully saturated rings. The SMILES string of the molecule is C=C(C)C/C=C\C=C/CCC(C)C. The van der Waals surface area contributed by atoms with E-state index in [9.17, 15) is 0 Å². The molecule has 0 saturated heterocycles. The first-order valence-corrected chi connectivity index (χ1v) is 5.09. The quantitative estimate of drug-likeness (QED) is 0.415. The molecule has 0 saturated carbocycles. The van der Waals surface area contributed by atoms with Gasteiger partial charge in [0.05, 0.1) is 0 Å². The maximum absolute atomic E-state index is 3.84. The van der Waals surface area contributed by atoms with Gasteiger partial charge in [-0.15, -0.1) is 0 Å². The predicted molar refractivity (Wildman–Crippen MR) is 61.8 cm³/mol. The van der Waals surface area contributed by atoms with Crippen LogP contribution in [0.3, 0.4) is 0 Å². The van der Waals surface area contributed by atoms with Crippen LogP contribution in [0.25, 0.3) is 0 Å². The summed E-state index contributed by atoms with van der Waals surface area (Å²) in [6.45, 7) is 10.4. The van der Waals surface area contributed by atoms with Gasteiger partial charge in [-0.25, -0.2) is 0 Å². The smallest absolute Gasteiger partial charge is 0.0141 e. The lowest BCUT2D eigenvalue weighted by molar-refractivity contribution is 0.594. The molecule has 0 aromatic heterocycles. The molecule has 0 atom stereocenters. The molecule has 0 heteroatoms. The van der Waals surface area contributed by atoms with Gasteiger partial charge in [-0.2, -0.15) is 0 Å². The average Bonchev–Trinajstić information content (AvgIpc) is 2.01. The van der Waals surface area contributed by atoms with Crippen LogP contribution >= 0.6 is 0 Å². The van der Waals surface area contributed by atoms with Crippen molar-refractivity contribution in [3.8, 4) is 0 Å². The van der Waals surface area contributed by atoms with Crippen molar-refractivity contribution in [2.24, 2.45) is 5.92 Å². The lowest BCUT2D eigenvalue weighted by atomic mass is 10.1. The number of hydrogen-bond donors (Lipinski definition) is 0. The maximum Gasteiger partial charge on any atom is -0.0141 e. The topological polar surface area (TPSA) is 0 Å². The zero-order chi connectivity index (χ0) is 10.1. The Morgan fingerprint density at radius 1 is 1.23 bits per heavy atom. The molecule has 0 rings (SSSR count). The summed E-state index contributed by atoms with van der Waals surface area (Å²) in [7, 11) is 0. The zero-order valence-electron chi connectivity index (χ0n) is 9.22. The molecule has 0 N–H and O–H groups in total. The van der Waals surface area contributed by atoms with Gasteiger partial charge >= 0.3 is 0 Å². The van der Waals surface area contributed by atoms with Crippen molar-refractivity contribution in [2.45, 2.75) is 40.0 Å². The van der Waals surface area contributed by atoms with Crippen LogP contribution in [-0.2, 0) is 0 Å². The summed E-state index contributed by atoms with van der Waals surface area (Å²) < 4.78 is 0. The van der Waals surface area contributed by atoms with Crippen molar-refractivity contribution in [3.63, 3.8) is 0 Å². The second kappa shape index (κ2) is 7.85. The van der Waals surface area contributed by atoms with E-state index in [1.54, 1.807) is 0 Å². The van der Waals surface area contributed by atoms with E-state index in [2.05, 4.69) is 44.7 Å². The minimum absolute atomic E-state index is 0.809. The first-order chi connectivity index (χ1) is 6.13. The molecular formula is C13H22. The van der Waals surface area contributed by atoms with Crippen molar-refractivity contribution < 1.29 is 0 Å². The Morgan fingerprint density at radius 3 is 2.38 bits per heavy atom. The Morgan fingerprint density at radius 2 is 1.85 bits per heavy atom. The zero-order valence-corrected chi connectivity index (χ0v) is 9.22. The van der Waals surface area contributed by atoms with E-state index in [4.69, 9.17) is 0 Å². The lowest BCUT2D eigenvalue weighted by Crippen LogP contribution is -1.83. The second-order valence-corrected chi connectivity index (χ2v) is 3.99. The van der Waals surface area contributed by atoms with Gasteiger partial charge in [-0.1, -0.05) is 50.3 Å². The highest BCUT2D eigenvalue weighted by Crippen LogP contribution is 2.04. The molecule has 0 aromatic carbocycles. The molecular weight excluding hydrogens is 156 g/mol. The lowest BCUT2D eigenvalue weighted by Gasteiger charge is -1.97. The number of allylic oxidation sites excluding steroid dienone is 5. The van der Waals surface area contributed by atoms with E-state index < -0.39 is 0 Å². The van der Waals surface area contributed by atoms with Crippen molar-refractivity contribution in [3.05, 3.63) is 36.5 Å². The Bertz CT molecular complexity index is 182. The van der Waals surface area contributed by atoms with Crippen LogP contribution < -0.4 is 0 Å². The van der Waals surface area contributed by atoms with Crippen LogP contribution in [0.2, 0.25) is 0 Å². The van der Waals surface area contributed by atoms with E-state index >= 15 is 0 Å². The van der Waals surface area contributed by atoms with Gasteiger partial charge in [0, 0.05) is 0 Å². The third kappa shape index (κ3) is 11.2. The molecule has 0 radical (unpaired) electrons. The van der Waals surface area contributed by atoms with Crippen LogP contribution in [0.1, 0.15) is 40.0 Å².